The predicted octanol–water partition coefficient (Wildman–Crippen LogP) is 16.1. The topological polar surface area (TPSA) is 157 Å². The molecule has 11 rings (SSSR count). The molecule has 0 amide bonds. The third-order valence-electron chi connectivity index (χ3n) is 20.1. The van der Waals surface area contributed by atoms with E-state index in [1.165, 1.54) is 19.3 Å². The van der Waals surface area contributed by atoms with Crippen LogP contribution in [0.25, 0.3) is 0 Å². The summed E-state index contributed by atoms with van der Waals surface area (Å²) < 4.78 is 82.9. The van der Waals surface area contributed by atoms with Crippen molar-refractivity contribution in [1.82, 2.24) is 0 Å². The minimum Gasteiger partial charge on any atom is -0.497 e. The molecule has 14 nitrogen and oxygen atoms in total. The lowest BCUT2D eigenvalue weighted by molar-refractivity contribution is -0.279. The lowest BCUT2D eigenvalue weighted by Crippen LogP contribution is -2.64. The van der Waals surface area contributed by atoms with Gasteiger partial charge in [-0.15, -0.1) is 0 Å². The first-order valence-corrected chi connectivity index (χ1v) is 36.9. The Bertz CT molecular complexity index is 3480. The molecule has 3 fully saturated rings. The maximum atomic E-state index is 13.8. The van der Waals surface area contributed by atoms with E-state index in [1.54, 1.807) is 7.11 Å². The molecule has 0 saturated carbocycles. The van der Waals surface area contributed by atoms with Crippen LogP contribution in [0.1, 0.15) is 122 Å². The molecule has 3 aliphatic heterocycles. The first kappa shape index (κ1) is 75.2. The third kappa shape index (κ3) is 23.5. The second-order valence-corrected chi connectivity index (χ2v) is 27.5. The Hall–Kier alpha value is -6.96. The van der Waals surface area contributed by atoms with Crippen molar-refractivity contribution in [2.45, 2.75) is 210 Å². The Morgan fingerprint density at radius 2 is 0.693 bits per heavy atom. The Labute approximate surface area is 600 Å². The molecule has 8 aromatic rings. The summed E-state index contributed by atoms with van der Waals surface area (Å²) in [5.74, 6) is -0.145. The van der Waals surface area contributed by atoms with E-state index in [-0.39, 0.29) is 38.4 Å². The molecule has 3 heterocycles. The van der Waals surface area contributed by atoms with Gasteiger partial charge in [-0.1, -0.05) is 269 Å². The quantitative estimate of drug-likeness (QED) is 0.0349. The summed E-state index contributed by atoms with van der Waals surface area (Å²) in [5.41, 5.74) is 16.0. The normalized spacial score (nSPS) is 25.2. The zero-order chi connectivity index (χ0) is 69.5. The van der Waals surface area contributed by atoms with Gasteiger partial charge in [0.1, 0.15) is 36.3 Å². The molecule has 101 heavy (non-hydrogen) atoms. The molecule has 0 spiro atoms. The van der Waals surface area contributed by atoms with Crippen molar-refractivity contribution in [3.63, 3.8) is 0 Å². The summed E-state index contributed by atoms with van der Waals surface area (Å²) >= 11 is 0. The van der Waals surface area contributed by atoms with Gasteiger partial charge in [0, 0.05) is 18.4 Å². The molecule has 0 unspecified atom stereocenters. The van der Waals surface area contributed by atoms with E-state index in [4.69, 9.17) is 62.6 Å². The molecule has 15 atom stereocenters. The van der Waals surface area contributed by atoms with Crippen LogP contribution in [0.5, 0.6) is 5.75 Å². The number of unbranched alkanes of at least 4 members (excludes halogenated alkanes) is 7. The highest BCUT2D eigenvalue weighted by atomic mass is 16.6. The number of aliphatic hydroxyl groups excluding tert-OH is 1. The highest BCUT2D eigenvalue weighted by Crippen LogP contribution is 2.43. The largest absolute Gasteiger partial charge is 0.497 e. The van der Waals surface area contributed by atoms with Gasteiger partial charge in [-0.05, 0) is 89.2 Å². The molecule has 14 heteroatoms. The van der Waals surface area contributed by atoms with Gasteiger partial charge in [-0.3, -0.25) is 0 Å². The van der Waals surface area contributed by atoms with Crippen LogP contribution in [0.4, 0.5) is 0 Å². The fraction of sp³-hybridized carbons (Fsp3) is 0.448. The average molecular weight is 1370 g/mol. The summed E-state index contributed by atoms with van der Waals surface area (Å²) in [4.78, 5) is 0. The number of aliphatic hydroxyl groups is 1. The molecule has 0 aromatic heterocycles. The van der Waals surface area contributed by atoms with E-state index in [1.807, 2.05) is 152 Å². The first-order chi connectivity index (χ1) is 49.8. The molecule has 3 N–H and O–H groups in total. The van der Waals surface area contributed by atoms with E-state index in [0.29, 0.717) is 52.5 Å². The summed E-state index contributed by atoms with van der Waals surface area (Å²) in [5, 5.41) is 13.8. The number of nitrogens with two attached hydrogens (primary N) is 1. The zero-order valence-electron chi connectivity index (χ0n) is 59.2. The van der Waals surface area contributed by atoms with Crippen molar-refractivity contribution in [1.29, 1.82) is 0 Å². The van der Waals surface area contributed by atoms with Crippen molar-refractivity contribution in [2.75, 3.05) is 26.9 Å². The van der Waals surface area contributed by atoms with Crippen LogP contribution in [0, 0.1) is 11.8 Å². The SMILES string of the molecule is COc1ccc(COCCCCCCCCCC[C@@H]2O[C@H](COCc3ccccc3)[C@@H](C[C@@H]3O[C@H](COCc4ccccc4)[C@H](OCc4ccccc4)[C@H](O)[C@H]3C[C@@H]3O[C@@H](C)[C@@H](OCc4ccccc4)[C@@H](OCc4ccccc4)[C@@H]3OCc3ccccc3)[C@H](OCc3ccccc3)[C@H]2N)cc1. The zero-order valence-corrected chi connectivity index (χ0v) is 59.2. The van der Waals surface area contributed by atoms with Crippen LogP contribution >= 0.6 is 0 Å². The monoisotopic (exact) mass is 1370 g/mol. The summed E-state index contributed by atoms with van der Waals surface area (Å²) in [6, 6.07) is 78.9. The lowest BCUT2D eigenvalue weighted by Gasteiger charge is -2.51. The fourth-order valence-electron chi connectivity index (χ4n) is 14.6. The highest BCUT2D eigenvalue weighted by molar-refractivity contribution is 5.27. The number of ether oxygens (including phenoxy) is 12. The van der Waals surface area contributed by atoms with Gasteiger partial charge >= 0.3 is 0 Å². The smallest absolute Gasteiger partial charge is 0.118 e. The average Bonchev–Trinajstić information content (AvgIpc) is 0.767. The Balaban J connectivity index is 0.886. The van der Waals surface area contributed by atoms with Gasteiger partial charge in [0.25, 0.3) is 0 Å². The number of rotatable bonds is 41. The number of benzene rings is 8. The Morgan fingerprint density at radius 3 is 1.17 bits per heavy atom. The summed E-state index contributed by atoms with van der Waals surface area (Å²) in [6.45, 7) is 6.09. The van der Waals surface area contributed by atoms with Gasteiger partial charge < -0.3 is 67.7 Å². The molecule has 0 bridgehead atoms. The van der Waals surface area contributed by atoms with Gasteiger partial charge in [0.15, 0.2) is 0 Å². The molecule has 8 aromatic carbocycles. The van der Waals surface area contributed by atoms with E-state index < -0.39 is 79.1 Å². The molecular weight excluding hydrogens is 1270 g/mol. The number of methoxy groups -OCH3 is 1. The second-order valence-electron chi connectivity index (χ2n) is 27.5. The number of hydrogen-bond donors (Lipinski definition) is 2. The molecule has 3 aliphatic rings. The van der Waals surface area contributed by atoms with Crippen LogP contribution in [-0.4, -0.2) is 111 Å². The molecular formula is C87H107NO13. The predicted molar refractivity (Wildman–Crippen MR) is 393 cm³/mol. The second kappa shape index (κ2) is 41.4. The minimum absolute atomic E-state index is 0.144. The van der Waals surface area contributed by atoms with Gasteiger partial charge in [0.2, 0.25) is 0 Å². The van der Waals surface area contributed by atoms with Gasteiger partial charge in [-0.2, -0.15) is 0 Å². The van der Waals surface area contributed by atoms with Crippen molar-refractivity contribution in [3.05, 3.63) is 281 Å². The van der Waals surface area contributed by atoms with Crippen LogP contribution in [-0.2, 0) is 105 Å². The van der Waals surface area contributed by atoms with Crippen molar-refractivity contribution < 1.29 is 61.9 Å². The highest BCUT2D eigenvalue weighted by Gasteiger charge is 2.54. The van der Waals surface area contributed by atoms with Crippen LogP contribution in [0.15, 0.2) is 237 Å². The van der Waals surface area contributed by atoms with E-state index in [0.717, 1.165) is 95.4 Å². The van der Waals surface area contributed by atoms with E-state index in [9.17, 15) is 5.11 Å². The number of hydrogen-bond acceptors (Lipinski definition) is 14. The van der Waals surface area contributed by atoms with Crippen LogP contribution in [0.2, 0.25) is 0 Å². The third-order valence-corrected chi connectivity index (χ3v) is 20.1. The van der Waals surface area contributed by atoms with Crippen LogP contribution < -0.4 is 10.5 Å². The van der Waals surface area contributed by atoms with Crippen LogP contribution in [0.3, 0.4) is 0 Å². The van der Waals surface area contributed by atoms with Crippen molar-refractivity contribution in [3.8, 4) is 5.75 Å². The summed E-state index contributed by atoms with van der Waals surface area (Å²) in [7, 11) is 1.68. The molecule has 0 radical (unpaired) electrons. The van der Waals surface area contributed by atoms with Crippen molar-refractivity contribution in [2.24, 2.45) is 17.6 Å². The maximum Gasteiger partial charge on any atom is 0.118 e. The standard InChI is InChI=1S/C87H107NO13/c1-64-83(94-57-67-36-20-11-21-37-67)87(98-61-71-44-28-15-29-45-71)86(97-60-70-42-26-14-27-43-70)78(99-64)52-74-77(101-80(63-93-56-66-34-18-10-19-35-66)85(82(74)89)96-59-69-40-24-13-25-41-69)53-75-79(62-92-55-65-32-16-9-17-33-65)100-76(81(88)84(75)95-58-68-38-22-12-23-39-68)46-30-7-5-3-4-6-8-31-51-91-54-72-47-49-73(90-2)50-48-72/h9-29,32-45,47-50,64,74-87,89H,3-8,30-31,46,51-63,88H2,1-2H3/t64-,74-,75+,76-,77-,78-,79+,80+,81-,82+,83+,84-,85-,86+,87+/m0/s1. The Kier molecular flexibility index (Phi) is 30.8. The van der Waals surface area contributed by atoms with Crippen molar-refractivity contribution >= 4 is 0 Å². The maximum absolute atomic E-state index is 13.8. The molecule has 538 valence electrons. The van der Waals surface area contributed by atoms with E-state index >= 15 is 0 Å². The van der Waals surface area contributed by atoms with Gasteiger partial charge in [0.05, 0.1) is 122 Å². The first-order valence-electron chi connectivity index (χ1n) is 36.9. The Morgan fingerprint density at radius 1 is 0.327 bits per heavy atom. The van der Waals surface area contributed by atoms with E-state index in [2.05, 4.69) is 91.9 Å². The van der Waals surface area contributed by atoms with Gasteiger partial charge in [-0.25, -0.2) is 0 Å². The summed E-state index contributed by atoms with van der Waals surface area (Å²) in [6.07, 6.45) is 2.81. The molecule has 3 saturated heterocycles. The fourth-order valence-corrected chi connectivity index (χ4v) is 14.6. The lowest BCUT2D eigenvalue weighted by atomic mass is 9.74. The molecule has 0 aliphatic carbocycles. The minimum atomic E-state index is -1.10.